The van der Waals surface area contributed by atoms with Crippen LogP contribution in [0.2, 0.25) is 0 Å². The molecule has 0 radical (unpaired) electrons. The van der Waals surface area contributed by atoms with Gasteiger partial charge in [-0.25, -0.2) is 0 Å². The van der Waals surface area contributed by atoms with Crippen molar-refractivity contribution in [2.75, 3.05) is 24.6 Å². The zero-order chi connectivity index (χ0) is 17.7. The second-order valence-corrected chi connectivity index (χ2v) is 7.20. The highest BCUT2D eigenvalue weighted by molar-refractivity contribution is 5.88. The summed E-state index contributed by atoms with van der Waals surface area (Å²) < 4.78 is 5.44. The molecular weight excluding hydrogens is 326 g/mol. The lowest BCUT2D eigenvalue weighted by Crippen LogP contribution is -2.37. The minimum Gasteiger partial charge on any atom is -0.465 e. The molecule has 5 nitrogen and oxygen atoms in total. The third-order valence-corrected chi connectivity index (χ3v) is 5.85. The Morgan fingerprint density at radius 2 is 2.23 bits per heavy atom. The molecule has 0 fully saturated rings. The van der Waals surface area contributed by atoms with Crippen molar-refractivity contribution in [2.24, 2.45) is 10.9 Å². The van der Waals surface area contributed by atoms with Crippen molar-refractivity contribution in [3.63, 3.8) is 0 Å². The molecule has 1 atom stereocenters. The molecule has 134 valence electrons. The molecule has 1 aromatic carbocycles. The summed E-state index contributed by atoms with van der Waals surface area (Å²) in [6.07, 6.45) is 7.83. The van der Waals surface area contributed by atoms with Gasteiger partial charge in [0.05, 0.1) is 42.4 Å². The van der Waals surface area contributed by atoms with Gasteiger partial charge < -0.3 is 14.5 Å². The zero-order valence-electron chi connectivity index (χ0n) is 15.1. The highest BCUT2D eigenvalue weighted by Crippen LogP contribution is 2.48. The molecule has 0 bridgehead atoms. The Bertz CT molecular complexity index is 868. The van der Waals surface area contributed by atoms with Gasteiger partial charge >= 0.3 is 5.97 Å². The summed E-state index contributed by atoms with van der Waals surface area (Å²) in [5.74, 6) is -0.279. The highest BCUT2D eigenvalue weighted by Gasteiger charge is 2.41. The normalized spacial score (nSPS) is 23.1. The molecule has 3 heterocycles. The monoisotopic (exact) mass is 349 g/mol. The Hall–Kier alpha value is -2.56. The van der Waals surface area contributed by atoms with E-state index < -0.39 is 0 Å². The van der Waals surface area contributed by atoms with E-state index in [-0.39, 0.29) is 11.9 Å². The third-order valence-electron chi connectivity index (χ3n) is 5.85. The predicted octanol–water partition coefficient (Wildman–Crippen LogP) is 3.32. The van der Waals surface area contributed by atoms with E-state index in [1.54, 1.807) is 0 Å². The average Bonchev–Trinajstić information content (AvgIpc) is 3.06. The Balaban J connectivity index is 1.73. The number of hydrogen-bond acceptors (Lipinski definition) is 5. The number of ether oxygens (including phenoxy) is 1. The number of rotatable bonds is 2. The minimum absolute atomic E-state index is 0.0908. The minimum atomic E-state index is -0.188. The number of hydrogen-bond donors (Lipinski definition) is 0. The number of para-hydroxylation sites is 1. The predicted molar refractivity (Wildman–Crippen MR) is 102 cm³/mol. The Morgan fingerprint density at radius 1 is 1.31 bits per heavy atom. The second-order valence-electron chi connectivity index (χ2n) is 7.20. The summed E-state index contributed by atoms with van der Waals surface area (Å²) in [5.41, 5.74) is 7.49. The van der Waals surface area contributed by atoms with Crippen molar-refractivity contribution in [1.29, 1.82) is 0 Å². The van der Waals surface area contributed by atoms with Gasteiger partial charge in [-0.2, -0.15) is 0 Å². The molecule has 1 aliphatic carbocycles. The second kappa shape index (κ2) is 6.01. The van der Waals surface area contributed by atoms with Crippen LogP contribution in [0.25, 0.3) is 5.70 Å². The van der Waals surface area contributed by atoms with Crippen LogP contribution in [-0.4, -0.2) is 36.8 Å². The first-order valence-electron chi connectivity index (χ1n) is 9.58. The maximum atomic E-state index is 12.8. The molecule has 0 spiro atoms. The summed E-state index contributed by atoms with van der Waals surface area (Å²) in [7, 11) is 0. The van der Waals surface area contributed by atoms with E-state index in [1.807, 2.05) is 19.3 Å². The summed E-state index contributed by atoms with van der Waals surface area (Å²) in [5, 5.41) is 0. The fourth-order valence-electron chi connectivity index (χ4n) is 4.82. The number of carbonyl (C=O) groups excluding carboxylic acids is 1. The van der Waals surface area contributed by atoms with Crippen molar-refractivity contribution >= 4 is 23.6 Å². The molecule has 0 saturated heterocycles. The molecule has 5 rings (SSSR count). The van der Waals surface area contributed by atoms with Crippen LogP contribution in [-0.2, 0) is 16.0 Å². The number of esters is 1. The van der Waals surface area contributed by atoms with E-state index in [0.717, 1.165) is 43.6 Å². The number of carbonyl (C=O) groups is 1. The topological polar surface area (TPSA) is 45.1 Å². The van der Waals surface area contributed by atoms with E-state index in [0.29, 0.717) is 13.2 Å². The summed E-state index contributed by atoms with van der Waals surface area (Å²) in [6.45, 7) is 4.00. The van der Waals surface area contributed by atoms with Crippen molar-refractivity contribution in [2.45, 2.75) is 32.6 Å². The lowest BCUT2D eigenvalue weighted by atomic mass is 9.88. The number of fused-ring (bicyclic) bond motifs is 4. The standard InChI is InChI=1S/C21H23N3O2/c1-2-26-21(25)16-7-4-8-17-20(16)24-12-10-22-13-18(24)15-6-3-5-14-9-11-23(17)19(14)15/h3,5-6,10,13,16H,2,4,7-9,11-12H2,1H3. The number of allylic oxidation sites excluding steroid dienone is 1. The molecule has 1 unspecified atom stereocenters. The van der Waals surface area contributed by atoms with Gasteiger partial charge in [-0.15, -0.1) is 0 Å². The van der Waals surface area contributed by atoms with E-state index in [2.05, 4.69) is 33.0 Å². The Morgan fingerprint density at radius 3 is 3.12 bits per heavy atom. The van der Waals surface area contributed by atoms with Crippen LogP contribution in [0.5, 0.6) is 0 Å². The highest BCUT2D eigenvalue weighted by atomic mass is 16.5. The fraction of sp³-hybridized carbons (Fsp3) is 0.429. The maximum absolute atomic E-state index is 12.8. The third kappa shape index (κ3) is 2.16. The van der Waals surface area contributed by atoms with E-state index in [4.69, 9.17) is 4.74 Å². The van der Waals surface area contributed by atoms with Gasteiger partial charge in [0.25, 0.3) is 0 Å². The molecule has 1 aromatic rings. The van der Waals surface area contributed by atoms with Gasteiger partial charge in [0.15, 0.2) is 0 Å². The molecule has 0 N–H and O–H groups in total. The molecule has 5 heteroatoms. The molecule has 0 aromatic heterocycles. The lowest BCUT2D eigenvalue weighted by molar-refractivity contribution is -0.147. The van der Waals surface area contributed by atoms with Crippen LogP contribution in [0, 0.1) is 5.92 Å². The molecule has 0 saturated carbocycles. The van der Waals surface area contributed by atoms with Crippen molar-refractivity contribution < 1.29 is 9.53 Å². The maximum Gasteiger partial charge on any atom is 0.315 e. The summed E-state index contributed by atoms with van der Waals surface area (Å²) in [6, 6.07) is 6.56. The van der Waals surface area contributed by atoms with Gasteiger partial charge in [0.2, 0.25) is 0 Å². The van der Waals surface area contributed by atoms with Crippen LogP contribution in [0.3, 0.4) is 0 Å². The van der Waals surface area contributed by atoms with Crippen molar-refractivity contribution in [3.8, 4) is 0 Å². The molecule has 3 aliphatic heterocycles. The molecule has 26 heavy (non-hydrogen) atoms. The number of aliphatic imine (C=N–C) groups is 1. The Labute approximate surface area is 153 Å². The van der Waals surface area contributed by atoms with Gasteiger partial charge in [-0.1, -0.05) is 18.2 Å². The number of benzene rings is 1. The van der Waals surface area contributed by atoms with Gasteiger partial charge in [0.1, 0.15) is 0 Å². The summed E-state index contributed by atoms with van der Waals surface area (Å²) >= 11 is 0. The van der Waals surface area contributed by atoms with Gasteiger partial charge in [-0.3, -0.25) is 9.79 Å². The number of anilines is 1. The van der Waals surface area contributed by atoms with Gasteiger partial charge in [0, 0.05) is 24.0 Å². The molecule has 0 amide bonds. The van der Waals surface area contributed by atoms with Crippen LogP contribution >= 0.6 is 0 Å². The Kier molecular flexibility index (Phi) is 3.62. The number of nitrogens with zero attached hydrogens (tertiary/aromatic N) is 3. The quantitative estimate of drug-likeness (QED) is 0.769. The van der Waals surface area contributed by atoms with Crippen molar-refractivity contribution in [3.05, 3.63) is 46.9 Å². The largest absolute Gasteiger partial charge is 0.465 e. The van der Waals surface area contributed by atoms with E-state index in [1.165, 1.54) is 22.5 Å². The SMILES string of the molecule is CCOC(=O)C1CCCC2=C1N1CC=NC=C1c1cccc3c1N2CC3. The lowest BCUT2D eigenvalue weighted by Gasteiger charge is -2.37. The fourth-order valence-corrected chi connectivity index (χ4v) is 4.82. The van der Waals surface area contributed by atoms with Crippen LogP contribution < -0.4 is 4.90 Å². The van der Waals surface area contributed by atoms with E-state index >= 15 is 0 Å². The van der Waals surface area contributed by atoms with E-state index in [9.17, 15) is 4.79 Å². The van der Waals surface area contributed by atoms with Crippen LogP contribution in [0.1, 0.15) is 37.3 Å². The first kappa shape index (κ1) is 15.7. The van der Waals surface area contributed by atoms with Crippen LogP contribution in [0.15, 0.2) is 40.8 Å². The first-order chi connectivity index (χ1) is 12.8. The first-order valence-corrected chi connectivity index (χ1v) is 9.58. The molecular formula is C21H23N3O2. The average molecular weight is 349 g/mol. The van der Waals surface area contributed by atoms with Gasteiger partial charge in [-0.05, 0) is 38.2 Å². The zero-order valence-corrected chi connectivity index (χ0v) is 15.1. The van der Waals surface area contributed by atoms with Crippen LogP contribution in [0.4, 0.5) is 5.69 Å². The smallest absolute Gasteiger partial charge is 0.315 e. The van der Waals surface area contributed by atoms with Crippen molar-refractivity contribution in [1.82, 2.24) is 4.90 Å². The summed E-state index contributed by atoms with van der Waals surface area (Å²) in [4.78, 5) is 22.0. The molecule has 4 aliphatic rings.